The van der Waals surface area contributed by atoms with Gasteiger partial charge in [0.05, 0.1) is 0 Å². The smallest absolute Gasteiger partial charge is 0.246 e. The number of amides is 1. The summed E-state index contributed by atoms with van der Waals surface area (Å²) in [7, 11) is 0. The van der Waals surface area contributed by atoms with Gasteiger partial charge in [0.2, 0.25) is 5.91 Å². The van der Waals surface area contributed by atoms with Crippen molar-refractivity contribution in [2.45, 2.75) is 46.1 Å². The Kier molecular flexibility index (Phi) is 3.54. The Balaban J connectivity index is 1.80. The van der Waals surface area contributed by atoms with Gasteiger partial charge in [-0.1, -0.05) is 57.2 Å². The van der Waals surface area contributed by atoms with Crippen LogP contribution in [0.2, 0.25) is 0 Å². The Hall–Kier alpha value is -2.16. The van der Waals surface area contributed by atoms with E-state index in [0.29, 0.717) is 5.92 Å². The summed E-state index contributed by atoms with van der Waals surface area (Å²) in [6, 6.07) is 13.7. The van der Waals surface area contributed by atoms with E-state index < -0.39 is 6.04 Å². The first-order valence-electron chi connectivity index (χ1n) is 9.18. The average Bonchev–Trinajstić information content (AvgIpc) is 3.05. The van der Waals surface area contributed by atoms with Crippen LogP contribution in [0, 0.1) is 16.7 Å². The maximum atomic E-state index is 12.3. The van der Waals surface area contributed by atoms with Crippen LogP contribution in [0.15, 0.2) is 47.5 Å². The molecule has 0 aromatic heterocycles. The zero-order valence-corrected chi connectivity index (χ0v) is 15.3. The first-order valence-corrected chi connectivity index (χ1v) is 9.18. The van der Waals surface area contributed by atoms with E-state index >= 15 is 0 Å². The van der Waals surface area contributed by atoms with Gasteiger partial charge >= 0.3 is 0 Å². The van der Waals surface area contributed by atoms with Crippen LogP contribution in [0.4, 0.5) is 0 Å². The standard InChI is InChI=1S/C22H26N2O/c1-21(2)17-10-11-22(3,13-17)20(21)24-18(19(23)25)16-9-8-14-6-4-5-7-15(14)12-16/h4-9,12,17-18H,10-11,13H2,1-3H3,(H2,23,25)/t17-,18+,22+/m0/s1. The van der Waals surface area contributed by atoms with Crippen LogP contribution < -0.4 is 5.73 Å². The van der Waals surface area contributed by atoms with Crippen molar-refractivity contribution in [2.75, 3.05) is 0 Å². The Labute approximate surface area is 149 Å². The second-order valence-corrected chi connectivity index (χ2v) is 8.61. The van der Waals surface area contributed by atoms with Crippen molar-refractivity contribution in [3.05, 3.63) is 48.0 Å². The van der Waals surface area contributed by atoms with Crippen LogP contribution in [-0.2, 0) is 4.79 Å². The monoisotopic (exact) mass is 334 g/mol. The number of benzene rings is 2. The van der Waals surface area contributed by atoms with Gasteiger partial charge in [0.1, 0.15) is 0 Å². The Morgan fingerprint density at radius 3 is 2.52 bits per heavy atom. The molecule has 2 saturated carbocycles. The van der Waals surface area contributed by atoms with Crippen molar-refractivity contribution >= 4 is 22.4 Å². The molecule has 2 bridgehead atoms. The summed E-state index contributed by atoms with van der Waals surface area (Å²) >= 11 is 0. The van der Waals surface area contributed by atoms with Crippen LogP contribution in [0.3, 0.4) is 0 Å². The molecule has 3 nitrogen and oxygen atoms in total. The lowest BCUT2D eigenvalue weighted by Gasteiger charge is -2.36. The molecule has 2 N–H and O–H groups in total. The van der Waals surface area contributed by atoms with Gasteiger partial charge in [-0.15, -0.1) is 0 Å². The van der Waals surface area contributed by atoms with Crippen molar-refractivity contribution in [3.63, 3.8) is 0 Å². The molecule has 2 aliphatic carbocycles. The van der Waals surface area contributed by atoms with Gasteiger partial charge in [0.25, 0.3) is 0 Å². The fraction of sp³-hybridized carbons (Fsp3) is 0.455. The lowest BCUT2D eigenvalue weighted by atomic mass is 9.70. The largest absolute Gasteiger partial charge is 0.368 e. The van der Waals surface area contributed by atoms with Gasteiger partial charge in [-0.25, -0.2) is 0 Å². The van der Waals surface area contributed by atoms with Crippen LogP contribution in [0.1, 0.15) is 51.6 Å². The second-order valence-electron chi connectivity index (χ2n) is 8.61. The fourth-order valence-corrected chi connectivity index (χ4v) is 5.17. The molecule has 4 rings (SSSR count). The molecular weight excluding hydrogens is 308 g/mol. The summed E-state index contributed by atoms with van der Waals surface area (Å²) in [6.07, 6.45) is 3.62. The molecule has 0 unspecified atom stereocenters. The first-order chi connectivity index (χ1) is 11.8. The van der Waals surface area contributed by atoms with Gasteiger partial charge in [-0.3, -0.25) is 9.79 Å². The summed E-state index contributed by atoms with van der Waals surface area (Å²) in [5, 5.41) is 2.28. The number of nitrogens with two attached hydrogens (primary N) is 1. The Morgan fingerprint density at radius 2 is 1.88 bits per heavy atom. The lowest BCUT2D eigenvalue weighted by molar-refractivity contribution is -0.119. The molecule has 2 aliphatic rings. The topological polar surface area (TPSA) is 55.4 Å². The SMILES string of the molecule is CC1(C)C(=N[C@@H](C(N)=O)c2ccc3ccccc3c2)[C@]2(C)CC[C@H]1C2. The predicted octanol–water partition coefficient (Wildman–Crippen LogP) is 4.65. The number of rotatable bonds is 3. The minimum Gasteiger partial charge on any atom is -0.368 e. The van der Waals surface area contributed by atoms with Crippen LogP contribution >= 0.6 is 0 Å². The molecule has 25 heavy (non-hydrogen) atoms. The van der Waals surface area contributed by atoms with E-state index in [1.807, 2.05) is 18.2 Å². The highest BCUT2D eigenvalue weighted by Crippen LogP contribution is 2.60. The van der Waals surface area contributed by atoms with Gasteiger partial charge in [-0.2, -0.15) is 0 Å². The number of primary amides is 1. The maximum Gasteiger partial charge on any atom is 0.246 e. The van der Waals surface area contributed by atoms with Crippen LogP contribution in [0.25, 0.3) is 10.8 Å². The molecule has 2 aromatic carbocycles. The Bertz CT molecular complexity index is 876. The number of fused-ring (bicyclic) bond motifs is 3. The van der Waals surface area contributed by atoms with Gasteiger partial charge in [-0.05, 0) is 47.6 Å². The molecule has 130 valence electrons. The number of carbonyl (C=O) groups excluding carboxylic acids is 1. The highest BCUT2D eigenvalue weighted by molar-refractivity contribution is 6.00. The van der Waals surface area contributed by atoms with Crippen molar-refractivity contribution in [1.29, 1.82) is 0 Å². The van der Waals surface area contributed by atoms with E-state index in [1.165, 1.54) is 25.0 Å². The molecule has 0 heterocycles. The van der Waals surface area contributed by atoms with E-state index in [2.05, 4.69) is 45.0 Å². The number of hydrogen-bond acceptors (Lipinski definition) is 2. The van der Waals surface area contributed by atoms with Crippen molar-refractivity contribution < 1.29 is 4.79 Å². The van der Waals surface area contributed by atoms with Crippen molar-refractivity contribution in [1.82, 2.24) is 0 Å². The lowest BCUT2D eigenvalue weighted by Crippen LogP contribution is -2.37. The Morgan fingerprint density at radius 1 is 1.16 bits per heavy atom. The summed E-state index contributed by atoms with van der Waals surface area (Å²) in [5.74, 6) is 0.298. The highest BCUT2D eigenvalue weighted by Gasteiger charge is 2.57. The number of aliphatic imine (C=N–C) groups is 1. The van der Waals surface area contributed by atoms with E-state index in [9.17, 15) is 4.79 Å². The third kappa shape index (κ3) is 2.48. The highest BCUT2D eigenvalue weighted by atomic mass is 16.1. The molecular formula is C22H26N2O. The molecule has 0 aliphatic heterocycles. The quantitative estimate of drug-likeness (QED) is 0.872. The fourth-order valence-electron chi connectivity index (χ4n) is 5.17. The molecule has 0 spiro atoms. The molecule has 2 aromatic rings. The molecule has 3 atom stereocenters. The minimum atomic E-state index is -0.602. The minimum absolute atomic E-state index is 0.0531. The average molecular weight is 334 g/mol. The first kappa shape index (κ1) is 16.3. The van der Waals surface area contributed by atoms with Crippen LogP contribution in [-0.4, -0.2) is 11.6 Å². The van der Waals surface area contributed by atoms with Gasteiger partial charge < -0.3 is 5.73 Å². The molecule has 1 amide bonds. The molecule has 0 radical (unpaired) electrons. The van der Waals surface area contributed by atoms with Crippen molar-refractivity contribution in [2.24, 2.45) is 27.5 Å². The van der Waals surface area contributed by atoms with E-state index in [-0.39, 0.29) is 16.7 Å². The maximum absolute atomic E-state index is 12.3. The van der Waals surface area contributed by atoms with Crippen LogP contribution in [0.5, 0.6) is 0 Å². The number of hydrogen-bond donors (Lipinski definition) is 1. The zero-order chi connectivity index (χ0) is 17.8. The molecule has 3 heteroatoms. The third-order valence-corrected chi connectivity index (χ3v) is 6.56. The second kappa shape index (κ2) is 5.42. The third-order valence-electron chi connectivity index (χ3n) is 6.56. The zero-order valence-electron chi connectivity index (χ0n) is 15.3. The van der Waals surface area contributed by atoms with E-state index in [0.717, 1.165) is 16.3 Å². The number of carbonyl (C=O) groups is 1. The van der Waals surface area contributed by atoms with Gasteiger partial charge in [0.15, 0.2) is 6.04 Å². The van der Waals surface area contributed by atoms with E-state index in [1.54, 1.807) is 0 Å². The van der Waals surface area contributed by atoms with E-state index in [4.69, 9.17) is 10.7 Å². The molecule has 0 saturated heterocycles. The predicted molar refractivity (Wildman–Crippen MR) is 103 cm³/mol. The van der Waals surface area contributed by atoms with Crippen molar-refractivity contribution in [3.8, 4) is 0 Å². The van der Waals surface area contributed by atoms with Gasteiger partial charge in [0, 0.05) is 16.5 Å². The number of nitrogens with zero attached hydrogens (tertiary/aromatic N) is 1. The summed E-state index contributed by atoms with van der Waals surface area (Å²) in [5.41, 5.74) is 8.03. The summed E-state index contributed by atoms with van der Waals surface area (Å²) in [4.78, 5) is 17.3. The summed E-state index contributed by atoms with van der Waals surface area (Å²) in [6.45, 7) is 6.86. The molecule has 2 fully saturated rings. The normalized spacial score (nSPS) is 30.0. The summed E-state index contributed by atoms with van der Waals surface area (Å²) < 4.78 is 0.